The van der Waals surface area contributed by atoms with E-state index in [2.05, 4.69) is 285 Å². The molecule has 11 rings (SSSR count). The van der Waals surface area contributed by atoms with E-state index in [1.807, 2.05) is 12.3 Å². The van der Waals surface area contributed by atoms with Gasteiger partial charge in [0.05, 0.1) is 0 Å². The fourth-order valence-electron chi connectivity index (χ4n) is 10.3. The van der Waals surface area contributed by atoms with Crippen molar-refractivity contribution in [2.75, 3.05) is 9.80 Å². The molecule has 0 N–H and O–H groups in total. The van der Waals surface area contributed by atoms with Crippen molar-refractivity contribution in [3.63, 3.8) is 0 Å². The SMILES string of the molecule is CC(C)(C)c1cc(Oc2[c-]c3c(cc2)c2cc(-c4ccccc4)ccc2n3-c2cc(C(C)(C)C)ccn2)[c-]c(N2[CH-]N(c3cc(-c4ccccc4)cc(C(C)(C)C)c3)c3cc(C(C)(C)c4ccccc4)ccc32)c1.[Pt]. The van der Waals surface area contributed by atoms with Crippen LogP contribution in [0.25, 0.3) is 49.9 Å². The maximum Gasteiger partial charge on any atom is 0.135 e. The molecular formula is C69H65N4OPt-3. The maximum atomic E-state index is 7.01. The molecule has 6 heteroatoms. The first-order chi connectivity index (χ1) is 35.3. The summed E-state index contributed by atoms with van der Waals surface area (Å²) in [6.45, 7) is 27.2. The minimum absolute atomic E-state index is 0. The van der Waals surface area contributed by atoms with Crippen molar-refractivity contribution in [3.05, 3.63) is 235 Å². The molecule has 0 unspecified atom stereocenters. The normalized spacial score (nSPS) is 13.1. The number of ether oxygens (including phenoxy) is 1. The minimum Gasteiger partial charge on any atom is -0.509 e. The van der Waals surface area contributed by atoms with Crippen molar-refractivity contribution in [3.8, 4) is 39.6 Å². The van der Waals surface area contributed by atoms with Gasteiger partial charge < -0.3 is 19.1 Å². The van der Waals surface area contributed by atoms with Gasteiger partial charge in [0.25, 0.3) is 0 Å². The Kier molecular flexibility index (Phi) is 13.3. The van der Waals surface area contributed by atoms with E-state index < -0.39 is 0 Å². The first kappa shape index (κ1) is 51.3. The monoisotopic (exact) mass is 1160 g/mol. The fourth-order valence-corrected chi connectivity index (χ4v) is 10.3. The number of hydrogen-bond donors (Lipinski definition) is 0. The van der Waals surface area contributed by atoms with Crippen LogP contribution in [0.4, 0.5) is 22.7 Å². The molecule has 75 heavy (non-hydrogen) atoms. The molecule has 3 heterocycles. The predicted molar refractivity (Wildman–Crippen MR) is 310 cm³/mol. The zero-order valence-corrected chi connectivity index (χ0v) is 47.3. The maximum absolute atomic E-state index is 7.01. The summed E-state index contributed by atoms with van der Waals surface area (Å²) < 4.78 is 9.25. The van der Waals surface area contributed by atoms with Crippen LogP contribution in [-0.2, 0) is 42.7 Å². The van der Waals surface area contributed by atoms with Gasteiger partial charge in [0.15, 0.2) is 0 Å². The average molecular weight is 1160 g/mol. The van der Waals surface area contributed by atoms with Gasteiger partial charge in [-0.1, -0.05) is 197 Å². The van der Waals surface area contributed by atoms with Crippen LogP contribution in [0.15, 0.2) is 188 Å². The molecule has 2 aromatic heterocycles. The van der Waals surface area contributed by atoms with E-state index in [-0.39, 0.29) is 42.7 Å². The van der Waals surface area contributed by atoms with Gasteiger partial charge in [-0.05, 0) is 109 Å². The molecule has 0 fully saturated rings. The van der Waals surface area contributed by atoms with Crippen LogP contribution in [0.3, 0.4) is 0 Å². The van der Waals surface area contributed by atoms with Gasteiger partial charge >= 0.3 is 0 Å². The van der Waals surface area contributed by atoms with Crippen molar-refractivity contribution in [2.45, 2.75) is 97.8 Å². The number of hydrogen-bond acceptors (Lipinski definition) is 4. The van der Waals surface area contributed by atoms with Gasteiger partial charge in [-0.15, -0.1) is 53.6 Å². The van der Waals surface area contributed by atoms with E-state index in [9.17, 15) is 0 Å². The molecule has 0 aliphatic carbocycles. The molecule has 0 radical (unpaired) electrons. The third kappa shape index (κ3) is 9.96. The topological polar surface area (TPSA) is 33.5 Å². The summed E-state index contributed by atoms with van der Waals surface area (Å²) in [6, 6.07) is 73.3. The Morgan fingerprint density at radius 2 is 1.08 bits per heavy atom. The van der Waals surface area contributed by atoms with Gasteiger partial charge in [-0.3, -0.25) is 0 Å². The van der Waals surface area contributed by atoms with Gasteiger partial charge in [-0.2, -0.15) is 6.07 Å². The van der Waals surface area contributed by atoms with Crippen LogP contribution in [-0.4, -0.2) is 9.55 Å². The number of pyridine rings is 1. The van der Waals surface area contributed by atoms with E-state index in [0.29, 0.717) is 11.5 Å². The van der Waals surface area contributed by atoms with E-state index in [1.54, 1.807) is 0 Å². The molecule has 1 aliphatic rings. The summed E-state index contributed by atoms with van der Waals surface area (Å²) in [4.78, 5) is 9.64. The molecule has 5 nitrogen and oxygen atoms in total. The second-order valence-electron chi connectivity index (χ2n) is 23.6. The summed E-state index contributed by atoms with van der Waals surface area (Å²) in [5.41, 5.74) is 16.3. The van der Waals surface area contributed by atoms with Gasteiger partial charge in [0.2, 0.25) is 0 Å². The van der Waals surface area contributed by atoms with Crippen LogP contribution in [0, 0.1) is 18.8 Å². The second kappa shape index (κ2) is 19.5. The zero-order valence-electron chi connectivity index (χ0n) is 45.0. The number of anilines is 4. The van der Waals surface area contributed by atoms with Gasteiger partial charge in [-0.25, -0.2) is 4.98 Å². The first-order valence-corrected chi connectivity index (χ1v) is 25.9. The van der Waals surface area contributed by atoms with Crippen molar-refractivity contribution in [2.24, 2.45) is 0 Å². The molecule has 0 amide bonds. The Labute approximate surface area is 459 Å². The van der Waals surface area contributed by atoms with Crippen LogP contribution >= 0.6 is 0 Å². The number of nitrogens with zero attached hydrogens (tertiary/aromatic N) is 4. The molecule has 0 saturated carbocycles. The fraction of sp³-hybridized carbons (Fsp3) is 0.217. The Balaban J connectivity index is 0.00000641. The predicted octanol–water partition coefficient (Wildman–Crippen LogP) is 18.5. The number of aromatic nitrogens is 2. The number of rotatable bonds is 9. The smallest absolute Gasteiger partial charge is 0.135 e. The molecule has 0 spiro atoms. The summed E-state index contributed by atoms with van der Waals surface area (Å²) in [5, 5.41) is 2.20. The van der Waals surface area contributed by atoms with E-state index in [4.69, 9.17) is 9.72 Å². The molecular weight excluding hydrogens is 1100 g/mol. The minimum atomic E-state index is -0.254. The quantitative estimate of drug-likeness (QED) is 0.135. The van der Waals surface area contributed by atoms with E-state index in [0.717, 1.165) is 61.5 Å². The van der Waals surface area contributed by atoms with Crippen molar-refractivity contribution in [1.82, 2.24) is 9.55 Å². The van der Waals surface area contributed by atoms with Gasteiger partial charge in [0.1, 0.15) is 5.82 Å². The Bertz CT molecular complexity index is 3710. The molecule has 0 atom stereocenters. The van der Waals surface area contributed by atoms with Crippen molar-refractivity contribution < 1.29 is 25.8 Å². The summed E-state index contributed by atoms with van der Waals surface area (Å²) >= 11 is 0. The van der Waals surface area contributed by atoms with E-state index in [1.165, 1.54) is 38.9 Å². The second-order valence-corrected chi connectivity index (χ2v) is 23.6. The Morgan fingerprint density at radius 3 is 1.75 bits per heavy atom. The van der Waals surface area contributed by atoms with Crippen LogP contribution in [0.5, 0.6) is 11.5 Å². The molecule has 10 aromatic rings. The zero-order chi connectivity index (χ0) is 51.7. The summed E-state index contributed by atoms with van der Waals surface area (Å²) in [7, 11) is 0. The van der Waals surface area contributed by atoms with Crippen molar-refractivity contribution >= 4 is 44.6 Å². The van der Waals surface area contributed by atoms with Crippen molar-refractivity contribution in [1.29, 1.82) is 0 Å². The first-order valence-electron chi connectivity index (χ1n) is 25.9. The summed E-state index contributed by atoms with van der Waals surface area (Å²) in [5.74, 6) is 2.05. The van der Waals surface area contributed by atoms with Crippen LogP contribution in [0.2, 0.25) is 0 Å². The van der Waals surface area contributed by atoms with Gasteiger partial charge in [0, 0.05) is 66.8 Å². The van der Waals surface area contributed by atoms with Crippen LogP contribution in [0.1, 0.15) is 104 Å². The molecule has 8 aromatic carbocycles. The molecule has 1 aliphatic heterocycles. The molecule has 0 saturated heterocycles. The Hall–Kier alpha value is -7.20. The molecule has 380 valence electrons. The largest absolute Gasteiger partial charge is 0.509 e. The standard InChI is InChI=1S/C69H65N4O.Pt/c1-66(2,3)51-33-34-70-65(42-51)73-61-31-27-48(46-21-15-12-16-22-46)37-60(61)59-30-29-57(44-63(59)73)74-58-40-54(68(7,8)9)39-56(43-58)71-45-72(55-36-49(47-23-17-13-18-24-47)35-53(38-55)67(4,5)6)64-41-52(28-32-62(64)71)69(10,11)50-25-19-14-20-26-50;/h12-42,45H,1-11H3;/q-3;. The number of benzene rings is 8. The summed E-state index contributed by atoms with van der Waals surface area (Å²) in [6.07, 6.45) is 1.92. The van der Waals surface area contributed by atoms with E-state index >= 15 is 0 Å². The Morgan fingerprint density at radius 1 is 0.440 bits per heavy atom. The molecule has 0 bridgehead atoms. The third-order valence-corrected chi connectivity index (χ3v) is 14.9. The average Bonchev–Trinajstić information content (AvgIpc) is 3.96. The van der Waals surface area contributed by atoms with Crippen LogP contribution < -0.4 is 14.5 Å². The third-order valence-electron chi connectivity index (χ3n) is 14.9. The number of fused-ring (bicyclic) bond motifs is 4.